The first-order chi connectivity index (χ1) is 13.0. The van der Waals surface area contributed by atoms with Gasteiger partial charge in [0.25, 0.3) is 11.8 Å². The Kier molecular flexibility index (Phi) is 5.40. The number of para-hydroxylation sites is 1. The van der Waals surface area contributed by atoms with Crippen molar-refractivity contribution in [1.82, 2.24) is 5.32 Å². The molecular weight excluding hydrogens is 346 g/mol. The Hall–Kier alpha value is -3.35. The van der Waals surface area contributed by atoms with Gasteiger partial charge in [0, 0.05) is 17.3 Å². The minimum absolute atomic E-state index is 0.00484. The summed E-state index contributed by atoms with van der Waals surface area (Å²) >= 11 is 0. The van der Waals surface area contributed by atoms with Crippen LogP contribution >= 0.6 is 0 Å². The molecule has 2 aromatic rings. The molecular formula is C20H21N3O4. The molecule has 27 heavy (non-hydrogen) atoms. The van der Waals surface area contributed by atoms with E-state index in [1.54, 1.807) is 29.2 Å². The van der Waals surface area contributed by atoms with Crippen LogP contribution in [0.1, 0.15) is 23.7 Å². The smallest absolute Gasteiger partial charge is 0.255 e. The quantitative estimate of drug-likeness (QED) is 0.807. The second-order valence-electron chi connectivity index (χ2n) is 6.43. The predicted octanol–water partition coefficient (Wildman–Crippen LogP) is 1.47. The van der Waals surface area contributed by atoms with E-state index in [0.717, 1.165) is 5.69 Å². The molecule has 3 amide bonds. The number of rotatable bonds is 6. The van der Waals surface area contributed by atoms with E-state index in [1.165, 1.54) is 0 Å². The number of hydrogen-bond donors (Lipinski definition) is 2. The van der Waals surface area contributed by atoms with Gasteiger partial charge in [0.15, 0.2) is 6.61 Å². The fourth-order valence-corrected chi connectivity index (χ4v) is 3.12. The fourth-order valence-electron chi connectivity index (χ4n) is 3.12. The molecule has 0 saturated carbocycles. The van der Waals surface area contributed by atoms with E-state index in [9.17, 15) is 14.4 Å². The van der Waals surface area contributed by atoms with Crippen molar-refractivity contribution in [1.29, 1.82) is 0 Å². The number of primary amides is 1. The van der Waals surface area contributed by atoms with Crippen molar-refractivity contribution in [2.45, 2.75) is 25.4 Å². The van der Waals surface area contributed by atoms with Gasteiger partial charge in [-0.2, -0.15) is 0 Å². The molecule has 3 rings (SSSR count). The van der Waals surface area contributed by atoms with Gasteiger partial charge in [-0.3, -0.25) is 14.4 Å². The number of hydrogen-bond acceptors (Lipinski definition) is 4. The number of ether oxygens (including phenoxy) is 1. The van der Waals surface area contributed by atoms with E-state index in [1.807, 2.05) is 37.3 Å². The van der Waals surface area contributed by atoms with E-state index in [4.69, 9.17) is 10.5 Å². The molecule has 2 unspecified atom stereocenters. The number of carbonyl (C=O) groups is 3. The molecule has 1 aliphatic rings. The summed E-state index contributed by atoms with van der Waals surface area (Å²) in [4.78, 5) is 37.6. The molecule has 0 spiro atoms. The maximum Gasteiger partial charge on any atom is 0.255 e. The Balaban J connectivity index is 1.64. The van der Waals surface area contributed by atoms with Gasteiger partial charge in [-0.25, -0.2) is 0 Å². The van der Waals surface area contributed by atoms with Crippen LogP contribution in [0.3, 0.4) is 0 Å². The lowest BCUT2D eigenvalue weighted by Crippen LogP contribution is -2.41. The summed E-state index contributed by atoms with van der Waals surface area (Å²) in [5.74, 6) is -0.597. The SMILES string of the molecule is CC1CC(NC(=O)c2ccc(OCC(N)=O)cc2)C(=O)N1c1ccccc1. The van der Waals surface area contributed by atoms with Gasteiger partial charge in [0.05, 0.1) is 0 Å². The second-order valence-corrected chi connectivity index (χ2v) is 6.43. The van der Waals surface area contributed by atoms with Gasteiger partial charge in [-0.1, -0.05) is 18.2 Å². The molecule has 1 saturated heterocycles. The monoisotopic (exact) mass is 367 g/mol. The zero-order valence-electron chi connectivity index (χ0n) is 14.9. The summed E-state index contributed by atoms with van der Waals surface area (Å²) in [5, 5.41) is 2.80. The number of carbonyl (C=O) groups excluding carboxylic acids is 3. The van der Waals surface area contributed by atoms with Gasteiger partial charge in [0.2, 0.25) is 5.91 Å². The van der Waals surface area contributed by atoms with Crippen LogP contribution in [0.4, 0.5) is 5.69 Å². The number of amides is 3. The largest absolute Gasteiger partial charge is 0.484 e. The Morgan fingerprint density at radius 1 is 1.15 bits per heavy atom. The molecule has 0 radical (unpaired) electrons. The van der Waals surface area contributed by atoms with Crippen LogP contribution < -0.4 is 20.7 Å². The lowest BCUT2D eigenvalue weighted by Gasteiger charge is -2.21. The average Bonchev–Trinajstić information content (AvgIpc) is 2.94. The number of nitrogens with two attached hydrogens (primary N) is 1. The topological polar surface area (TPSA) is 102 Å². The first-order valence-electron chi connectivity index (χ1n) is 8.66. The average molecular weight is 367 g/mol. The van der Waals surface area contributed by atoms with E-state index in [2.05, 4.69) is 5.32 Å². The van der Waals surface area contributed by atoms with E-state index < -0.39 is 11.9 Å². The minimum Gasteiger partial charge on any atom is -0.484 e. The van der Waals surface area contributed by atoms with Crippen LogP contribution in [0.5, 0.6) is 5.75 Å². The summed E-state index contributed by atoms with van der Waals surface area (Å²) in [7, 11) is 0. The van der Waals surface area contributed by atoms with Gasteiger partial charge in [0.1, 0.15) is 11.8 Å². The summed E-state index contributed by atoms with van der Waals surface area (Å²) in [6, 6.07) is 15.1. The molecule has 0 aromatic heterocycles. The maximum atomic E-state index is 12.7. The van der Waals surface area contributed by atoms with Gasteiger partial charge in [-0.15, -0.1) is 0 Å². The van der Waals surface area contributed by atoms with Gasteiger partial charge >= 0.3 is 0 Å². The normalized spacial score (nSPS) is 19.0. The maximum absolute atomic E-state index is 12.7. The molecule has 2 atom stereocenters. The van der Waals surface area contributed by atoms with E-state index >= 15 is 0 Å². The zero-order chi connectivity index (χ0) is 19.4. The van der Waals surface area contributed by atoms with Crippen molar-refractivity contribution in [3.8, 4) is 5.75 Å². The van der Waals surface area contributed by atoms with E-state index in [0.29, 0.717) is 17.7 Å². The Morgan fingerprint density at radius 3 is 2.44 bits per heavy atom. The molecule has 1 fully saturated rings. The van der Waals surface area contributed by atoms with Crippen LogP contribution in [0.15, 0.2) is 54.6 Å². The Morgan fingerprint density at radius 2 is 1.81 bits per heavy atom. The van der Waals surface area contributed by atoms with Crippen LogP contribution in [-0.2, 0) is 9.59 Å². The van der Waals surface area contributed by atoms with Gasteiger partial charge in [-0.05, 0) is 49.7 Å². The van der Waals surface area contributed by atoms with E-state index in [-0.39, 0.29) is 24.5 Å². The number of anilines is 1. The fraction of sp³-hybridized carbons (Fsp3) is 0.250. The standard InChI is InChI=1S/C20H21N3O4/c1-13-11-17(20(26)23(13)15-5-3-2-4-6-15)22-19(25)14-7-9-16(10-8-14)27-12-18(21)24/h2-10,13,17H,11-12H2,1H3,(H2,21,24)(H,22,25). The second kappa shape index (κ2) is 7.90. The van der Waals surface area contributed by atoms with Crippen molar-refractivity contribution >= 4 is 23.4 Å². The van der Waals surface area contributed by atoms with Crippen molar-refractivity contribution in [2.24, 2.45) is 5.73 Å². The molecule has 0 bridgehead atoms. The van der Waals surface area contributed by atoms with Crippen LogP contribution in [0.2, 0.25) is 0 Å². The molecule has 7 nitrogen and oxygen atoms in total. The highest BCUT2D eigenvalue weighted by Crippen LogP contribution is 2.26. The van der Waals surface area contributed by atoms with Gasteiger partial charge < -0.3 is 20.7 Å². The van der Waals surface area contributed by atoms with Crippen molar-refractivity contribution < 1.29 is 19.1 Å². The summed E-state index contributed by atoms with van der Waals surface area (Å²) in [6.45, 7) is 1.73. The van der Waals surface area contributed by atoms with Crippen molar-refractivity contribution in [3.05, 3.63) is 60.2 Å². The molecule has 3 N–H and O–H groups in total. The molecule has 1 aliphatic heterocycles. The summed E-state index contributed by atoms with van der Waals surface area (Å²) in [5.41, 5.74) is 6.25. The first kappa shape index (κ1) is 18.4. The van der Waals surface area contributed by atoms with Crippen molar-refractivity contribution in [2.75, 3.05) is 11.5 Å². The minimum atomic E-state index is -0.575. The highest BCUT2D eigenvalue weighted by Gasteiger charge is 2.38. The third kappa shape index (κ3) is 4.25. The predicted molar refractivity (Wildman–Crippen MR) is 100 cm³/mol. The lowest BCUT2D eigenvalue weighted by molar-refractivity contribution is -0.120. The zero-order valence-corrected chi connectivity index (χ0v) is 14.9. The Bertz CT molecular complexity index is 836. The number of benzene rings is 2. The van der Waals surface area contributed by atoms with Crippen LogP contribution in [-0.4, -0.2) is 36.4 Å². The number of nitrogens with zero attached hydrogens (tertiary/aromatic N) is 1. The van der Waals surface area contributed by atoms with Crippen molar-refractivity contribution in [3.63, 3.8) is 0 Å². The third-order valence-corrected chi connectivity index (χ3v) is 4.39. The molecule has 7 heteroatoms. The molecule has 2 aromatic carbocycles. The number of nitrogens with one attached hydrogen (secondary N) is 1. The lowest BCUT2D eigenvalue weighted by atomic mass is 10.1. The third-order valence-electron chi connectivity index (χ3n) is 4.39. The Labute approximate surface area is 157 Å². The summed E-state index contributed by atoms with van der Waals surface area (Å²) in [6.07, 6.45) is 0.541. The highest BCUT2D eigenvalue weighted by molar-refractivity contribution is 6.04. The first-order valence-corrected chi connectivity index (χ1v) is 8.66. The van der Waals surface area contributed by atoms with Crippen LogP contribution in [0.25, 0.3) is 0 Å². The van der Waals surface area contributed by atoms with Crippen LogP contribution in [0, 0.1) is 0 Å². The molecule has 140 valence electrons. The highest BCUT2D eigenvalue weighted by atomic mass is 16.5. The molecule has 1 heterocycles. The molecule has 0 aliphatic carbocycles. The summed E-state index contributed by atoms with van der Waals surface area (Å²) < 4.78 is 5.16.